The first-order valence-electron chi connectivity index (χ1n) is 5.38. The molecule has 0 saturated carbocycles. The lowest BCUT2D eigenvalue weighted by atomic mass is 10.2. The normalized spacial score (nSPS) is 10.2. The Morgan fingerprint density at radius 3 is 2.68 bits per heavy atom. The summed E-state index contributed by atoms with van der Waals surface area (Å²) in [7, 11) is 0. The van der Waals surface area contributed by atoms with Crippen molar-refractivity contribution in [2.45, 2.75) is 6.92 Å². The molecule has 2 aromatic rings. The number of anilines is 1. The highest BCUT2D eigenvalue weighted by atomic mass is 79.9. The zero-order chi connectivity index (χ0) is 14.0. The number of H-pyrrole nitrogens is 1. The Morgan fingerprint density at radius 2 is 2.11 bits per heavy atom. The summed E-state index contributed by atoms with van der Waals surface area (Å²) < 4.78 is 0.915. The Bertz CT molecular complexity index is 651. The predicted octanol–water partition coefficient (Wildman–Crippen LogP) is 3.25. The van der Waals surface area contributed by atoms with Crippen molar-refractivity contribution in [1.82, 2.24) is 4.98 Å². The van der Waals surface area contributed by atoms with Crippen LogP contribution in [0.15, 0.2) is 34.8 Å². The number of aromatic nitrogens is 1. The van der Waals surface area contributed by atoms with Crippen molar-refractivity contribution in [3.05, 3.63) is 56.2 Å². The lowest BCUT2D eigenvalue weighted by Gasteiger charge is -2.06. The molecule has 2 rings (SSSR count). The van der Waals surface area contributed by atoms with Crippen LogP contribution in [-0.4, -0.2) is 15.8 Å². The van der Waals surface area contributed by atoms with Crippen LogP contribution in [0.1, 0.15) is 16.1 Å². The molecule has 1 aromatic carbocycles. The van der Waals surface area contributed by atoms with Crippen LogP contribution in [-0.2, 0) is 0 Å². The number of nitro groups is 1. The quantitative estimate of drug-likeness (QED) is 0.671. The number of amides is 1. The standard InChI is InChI=1S/C12H10BrN3O3/c1-7-6-8(13)2-3-9(7)15-12(17)10-4-5-11(14-10)16(18)19/h2-6,14H,1H3,(H,15,17). The van der Waals surface area contributed by atoms with E-state index < -0.39 is 10.8 Å². The van der Waals surface area contributed by atoms with E-state index in [1.165, 1.54) is 12.1 Å². The van der Waals surface area contributed by atoms with E-state index in [9.17, 15) is 14.9 Å². The fraction of sp³-hybridized carbons (Fsp3) is 0.0833. The molecule has 0 atom stereocenters. The van der Waals surface area contributed by atoms with Gasteiger partial charge >= 0.3 is 5.82 Å². The summed E-state index contributed by atoms with van der Waals surface area (Å²) in [6.45, 7) is 1.86. The minimum absolute atomic E-state index is 0.147. The molecule has 0 spiro atoms. The Labute approximate surface area is 117 Å². The molecular formula is C12H10BrN3O3. The van der Waals surface area contributed by atoms with Gasteiger partial charge in [-0.1, -0.05) is 15.9 Å². The molecule has 0 aliphatic carbocycles. The Kier molecular flexibility index (Phi) is 3.66. The van der Waals surface area contributed by atoms with E-state index in [0.29, 0.717) is 5.69 Å². The lowest BCUT2D eigenvalue weighted by molar-refractivity contribution is -0.389. The van der Waals surface area contributed by atoms with Crippen molar-refractivity contribution in [1.29, 1.82) is 0 Å². The molecule has 7 heteroatoms. The first-order valence-corrected chi connectivity index (χ1v) is 6.17. The Hall–Kier alpha value is -2.15. The van der Waals surface area contributed by atoms with Gasteiger partial charge in [0.1, 0.15) is 0 Å². The van der Waals surface area contributed by atoms with Gasteiger partial charge in [0.05, 0.1) is 0 Å². The molecule has 0 radical (unpaired) electrons. The third-order valence-corrected chi connectivity index (χ3v) is 3.04. The Balaban J connectivity index is 2.18. The molecule has 0 aliphatic heterocycles. The van der Waals surface area contributed by atoms with Crippen LogP contribution in [0.4, 0.5) is 11.5 Å². The van der Waals surface area contributed by atoms with Crippen LogP contribution in [0, 0.1) is 17.0 Å². The van der Waals surface area contributed by atoms with Crippen LogP contribution in [0.5, 0.6) is 0 Å². The number of nitrogens with zero attached hydrogens (tertiary/aromatic N) is 1. The van der Waals surface area contributed by atoms with Crippen molar-refractivity contribution in [2.75, 3.05) is 5.32 Å². The van der Waals surface area contributed by atoms with Crippen LogP contribution >= 0.6 is 15.9 Å². The van der Waals surface area contributed by atoms with Gasteiger partial charge in [-0.05, 0) is 41.7 Å². The van der Waals surface area contributed by atoms with Crippen molar-refractivity contribution >= 4 is 33.3 Å². The fourth-order valence-electron chi connectivity index (χ4n) is 1.58. The van der Waals surface area contributed by atoms with E-state index in [1.54, 1.807) is 12.1 Å². The van der Waals surface area contributed by atoms with Crippen molar-refractivity contribution in [3.63, 3.8) is 0 Å². The molecule has 0 unspecified atom stereocenters. The second-order valence-electron chi connectivity index (χ2n) is 3.93. The van der Waals surface area contributed by atoms with Gasteiger partial charge in [0, 0.05) is 16.2 Å². The van der Waals surface area contributed by atoms with Crippen LogP contribution in [0.2, 0.25) is 0 Å². The number of carbonyl (C=O) groups is 1. The van der Waals surface area contributed by atoms with Gasteiger partial charge in [-0.15, -0.1) is 0 Å². The molecular weight excluding hydrogens is 314 g/mol. The lowest BCUT2D eigenvalue weighted by Crippen LogP contribution is -2.13. The molecule has 0 saturated heterocycles. The number of benzene rings is 1. The van der Waals surface area contributed by atoms with Crippen LogP contribution < -0.4 is 5.32 Å². The van der Waals surface area contributed by atoms with Gasteiger partial charge in [-0.2, -0.15) is 0 Å². The van der Waals surface area contributed by atoms with E-state index in [-0.39, 0.29) is 11.5 Å². The third kappa shape index (κ3) is 3.00. The van der Waals surface area contributed by atoms with Crippen LogP contribution in [0.25, 0.3) is 0 Å². The maximum Gasteiger partial charge on any atom is 0.321 e. The van der Waals surface area contributed by atoms with Crippen molar-refractivity contribution in [2.24, 2.45) is 0 Å². The molecule has 0 fully saturated rings. The SMILES string of the molecule is Cc1cc(Br)ccc1NC(=O)c1ccc([N+](=O)[O-])[nH]1. The average Bonchev–Trinajstić information content (AvgIpc) is 2.82. The van der Waals surface area contributed by atoms with E-state index in [2.05, 4.69) is 26.2 Å². The molecule has 1 aromatic heterocycles. The van der Waals surface area contributed by atoms with Crippen molar-refractivity contribution in [3.8, 4) is 0 Å². The number of hydrogen-bond acceptors (Lipinski definition) is 3. The first kappa shape index (κ1) is 13.3. The van der Waals surface area contributed by atoms with Gasteiger partial charge < -0.3 is 15.4 Å². The summed E-state index contributed by atoms with van der Waals surface area (Å²) in [4.78, 5) is 24.3. The number of aromatic amines is 1. The zero-order valence-corrected chi connectivity index (χ0v) is 11.5. The summed E-state index contributed by atoms with van der Waals surface area (Å²) >= 11 is 3.33. The summed E-state index contributed by atoms with van der Waals surface area (Å²) in [6, 6.07) is 8.06. The highest BCUT2D eigenvalue weighted by Crippen LogP contribution is 2.21. The molecule has 0 bridgehead atoms. The van der Waals surface area contributed by atoms with Gasteiger partial charge in [0.2, 0.25) is 0 Å². The molecule has 6 nitrogen and oxygen atoms in total. The van der Waals surface area contributed by atoms with Gasteiger partial charge in [-0.25, -0.2) is 4.98 Å². The maximum absolute atomic E-state index is 11.9. The van der Waals surface area contributed by atoms with Gasteiger partial charge in [0.25, 0.3) is 5.91 Å². The topological polar surface area (TPSA) is 88.0 Å². The predicted molar refractivity (Wildman–Crippen MR) is 74.3 cm³/mol. The minimum Gasteiger partial charge on any atom is -0.358 e. The van der Waals surface area contributed by atoms with E-state index in [1.807, 2.05) is 13.0 Å². The first-order chi connectivity index (χ1) is 8.97. The fourth-order valence-corrected chi connectivity index (χ4v) is 2.06. The van der Waals surface area contributed by atoms with Gasteiger partial charge in [0.15, 0.2) is 5.69 Å². The molecule has 98 valence electrons. The number of hydrogen-bond donors (Lipinski definition) is 2. The summed E-state index contributed by atoms with van der Waals surface area (Å²) in [5, 5.41) is 13.2. The molecule has 19 heavy (non-hydrogen) atoms. The van der Waals surface area contributed by atoms with E-state index in [4.69, 9.17) is 0 Å². The Morgan fingerprint density at radius 1 is 1.37 bits per heavy atom. The summed E-state index contributed by atoms with van der Waals surface area (Å²) in [6.07, 6.45) is 0. The summed E-state index contributed by atoms with van der Waals surface area (Å²) in [5.74, 6) is -0.629. The maximum atomic E-state index is 11.9. The number of aryl methyl sites for hydroxylation is 1. The number of carbonyl (C=O) groups excluding carboxylic acids is 1. The van der Waals surface area contributed by atoms with E-state index >= 15 is 0 Å². The summed E-state index contributed by atoms with van der Waals surface area (Å²) in [5.41, 5.74) is 1.70. The molecule has 2 N–H and O–H groups in total. The highest BCUT2D eigenvalue weighted by molar-refractivity contribution is 9.10. The number of nitrogens with one attached hydrogen (secondary N) is 2. The minimum atomic E-state index is -0.582. The number of rotatable bonds is 3. The second-order valence-corrected chi connectivity index (χ2v) is 4.84. The van der Waals surface area contributed by atoms with E-state index in [0.717, 1.165) is 10.0 Å². The van der Waals surface area contributed by atoms with Crippen molar-refractivity contribution < 1.29 is 9.72 Å². The average molecular weight is 324 g/mol. The van der Waals surface area contributed by atoms with Crippen LogP contribution in [0.3, 0.4) is 0 Å². The molecule has 1 heterocycles. The third-order valence-electron chi connectivity index (χ3n) is 2.55. The smallest absolute Gasteiger partial charge is 0.321 e. The molecule has 1 amide bonds. The van der Waals surface area contributed by atoms with Gasteiger partial charge in [-0.3, -0.25) is 4.79 Å². The number of halogens is 1. The highest BCUT2D eigenvalue weighted by Gasteiger charge is 2.16. The zero-order valence-electron chi connectivity index (χ0n) is 9.94. The monoisotopic (exact) mass is 323 g/mol. The second kappa shape index (κ2) is 5.23. The molecule has 0 aliphatic rings. The largest absolute Gasteiger partial charge is 0.358 e.